The van der Waals surface area contributed by atoms with Crippen LogP contribution >= 0.6 is 0 Å². The second kappa shape index (κ2) is 7.31. The molecule has 0 saturated heterocycles. The molecular formula is C15H16N6O4. The molecule has 1 aromatic heterocycles. The van der Waals surface area contributed by atoms with E-state index in [2.05, 4.69) is 10.6 Å². The summed E-state index contributed by atoms with van der Waals surface area (Å²) in [5.74, 6) is 0.111. The number of nitro groups is 1. The van der Waals surface area contributed by atoms with Crippen molar-refractivity contribution >= 4 is 17.2 Å². The molecule has 130 valence electrons. The topological polar surface area (TPSA) is 135 Å². The van der Waals surface area contributed by atoms with Gasteiger partial charge in [0.15, 0.2) is 5.56 Å². The van der Waals surface area contributed by atoms with Crippen molar-refractivity contribution in [3.63, 3.8) is 0 Å². The number of anilines is 2. The molecule has 2 N–H and O–H groups in total. The molecule has 1 heterocycles. The fourth-order valence-electron chi connectivity index (χ4n) is 2.31. The molecule has 0 unspecified atom stereocenters. The Morgan fingerprint density at radius 3 is 2.44 bits per heavy atom. The summed E-state index contributed by atoms with van der Waals surface area (Å²) in [6, 6.07) is 7.98. The predicted molar refractivity (Wildman–Crippen MR) is 91.7 cm³/mol. The van der Waals surface area contributed by atoms with Crippen molar-refractivity contribution in [1.82, 2.24) is 9.13 Å². The van der Waals surface area contributed by atoms with Gasteiger partial charge in [-0.15, -0.1) is 0 Å². The number of aromatic nitrogens is 2. The molecule has 0 bridgehead atoms. The van der Waals surface area contributed by atoms with Crippen LogP contribution in [0.4, 0.5) is 17.2 Å². The van der Waals surface area contributed by atoms with Gasteiger partial charge in [0.2, 0.25) is 0 Å². The zero-order valence-corrected chi connectivity index (χ0v) is 13.6. The Kier molecular flexibility index (Phi) is 5.18. The average Bonchev–Trinajstić information content (AvgIpc) is 2.61. The molecule has 0 saturated carbocycles. The predicted octanol–water partition coefficient (Wildman–Crippen LogP) is 0.388. The molecule has 0 spiro atoms. The van der Waals surface area contributed by atoms with Crippen LogP contribution < -0.4 is 21.9 Å². The van der Waals surface area contributed by atoms with E-state index < -0.39 is 16.2 Å². The Bertz CT molecular complexity index is 969. The summed E-state index contributed by atoms with van der Waals surface area (Å²) in [5.41, 5.74) is -1.11. The smallest absolute Gasteiger partial charge is 0.332 e. The van der Waals surface area contributed by atoms with Crippen LogP contribution in [-0.2, 0) is 14.1 Å². The van der Waals surface area contributed by atoms with Gasteiger partial charge in [0.1, 0.15) is 17.6 Å². The zero-order valence-electron chi connectivity index (χ0n) is 13.6. The Labute approximate surface area is 142 Å². The van der Waals surface area contributed by atoms with Crippen LogP contribution in [0.5, 0.6) is 0 Å². The number of benzene rings is 1. The monoisotopic (exact) mass is 344 g/mol. The number of nitrogens with zero attached hydrogens (tertiary/aromatic N) is 4. The second-order valence-corrected chi connectivity index (χ2v) is 5.17. The Morgan fingerprint density at radius 2 is 1.80 bits per heavy atom. The molecule has 1 aromatic carbocycles. The third-order valence-corrected chi connectivity index (χ3v) is 3.61. The third kappa shape index (κ3) is 3.50. The first-order chi connectivity index (χ1) is 11.9. The molecule has 25 heavy (non-hydrogen) atoms. The van der Waals surface area contributed by atoms with E-state index in [1.807, 2.05) is 0 Å². The standard InChI is InChI=1S/C15H16N6O4/c1-19-13(10(9-16)14(22)20(2)15(19)23)18-8-7-17-11-5-3-4-6-12(11)21(24)25/h3-6,17-18H,7-8H2,1-2H3. The van der Waals surface area contributed by atoms with Crippen molar-refractivity contribution in [2.45, 2.75) is 0 Å². The van der Waals surface area contributed by atoms with Gasteiger partial charge in [-0.1, -0.05) is 12.1 Å². The van der Waals surface area contributed by atoms with Gasteiger partial charge in [-0.3, -0.25) is 24.0 Å². The van der Waals surface area contributed by atoms with E-state index in [0.29, 0.717) is 5.69 Å². The van der Waals surface area contributed by atoms with E-state index in [9.17, 15) is 19.7 Å². The summed E-state index contributed by atoms with van der Waals surface area (Å²) >= 11 is 0. The molecule has 2 rings (SSSR count). The minimum absolute atomic E-state index is 0.0544. The van der Waals surface area contributed by atoms with E-state index in [-0.39, 0.29) is 30.2 Å². The molecule has 0 aliphatic heterocycles. The van der Waals surface area contributed by atoms with Gasteiger partial charge in [-0.05, 0) is 6.07 Å². The average molecular weight is 344 g/mol. The van der Waals surface area contributed by atoms with Crippen molar-refractivity contribution in [2.24, 2.45) is 14.1 Å². The van der Waals surface area contributed by atoms with E-state index in [0.717, 1.165) is 4.57 Å². The highest BCUT2D eigenvalue weighted by molar-refractivity contribution is 5.61. The van der Waals surface area contributed by atoms with Crippen molar-refractivity contribution in [3.8, 4) is 6.07 Å². The van der Waals surface area contributed by atoms with Crippen molar-refractivity contribution < 1.29 is 4.92 Å². The zero-order chi connectivity index (χ0) is 18.6. The lowest BCUT2D eigenvalue weighted by atomic mass is 10.2. The molecule has 0 aliphatic carbocycles. The Balaban J connectivity index is 2.14. The number of nitro benzene ring substituents is 1. The van der Waals surface area contributed by atoms with Gasteiger partial charge >= 0.3 is 5.69 Å². The highest BCUT2D eigenvalue weighted by Gasteiger charge is 2.15. The van der Waals surface area contributed by atoms with Gasteiger partial charge in [0.25, 0.3) is 11.2 Å². The molecule has 0 aliphatic rings. The van der Waals surface area contributed by atoms with Gasteiger partial charge in [0.05, 0.1) is 4.92 Å². The Morgan fingerprint density at radius 1 is 1.16 bits per heavy atom. The lowest BCUT2D eigenvalue weighted by Gasteiger charge is -2.14. The number of para-hydroxylation sites is 2. The van der Waals surface area contributed by atoms with Gasteiger partial charge in [-0.25, -0.2) is 4.79 Å². The largest absolute Gasteiger partial charge is 0.378 e. The lowest BCUT2D eigenvalue weighted by Crippen LogP contribution is -2.40. The van der Waals surface area contributed by atoms with E-state index in [1.165, 1.54) is 24.7 Å². The minimum atomic E-state index is -0.681. The number of rotatable bonds is 6. The molecular weight excluding hydrogens is 328 g/mol. The second-order valence-electron chi connectivity index (χ2n) is 5.17. The van der Waals surface area contributed by atoms with Crippen LogP contribution in [0.15, 0.2) is 33.9 Å². The molecule has 0 atom stereocenters. The SMILES string of the molecule is Cn1c(NCCNc2ccccc2[N+](=O)[O-])c(C#N)c(=O)n(C)c1=O. The minimum Gasteiger partial charge on any atom is -0.378 e. The van der Waals surface area contributed by atoms with Gasteiger partial charge < -0.3 is 10.6 Å². The number of hydrogen-bond acceptors (Lipinski definition) is 7. The first kappa shape index (κ1) is 17.7. The highest BCUT2D eigenvalue weighted by Crippen LogP contribution is 2.22. The molecule has 0 fully saturated rings. The summed E-state index contributed by atoms with van der Waals surface area (Å²) in [7, 11) is 2.74. The summed E-state index contributed by atoms with van der Waals surface area (Å²) in [6.45, 7) is 0.514. The molecule has 2 aromatic rings. The van der Waals surface area contributed by atoms with Crippen LogP contribution in [0.25, 0.3) is 0 Å². The quantitative estimate of drug-likeness (QED) is 0.439. The highest BCUT2D eigenvalue weighted by atomic mass is 16.6. The van der Waals surface area contributed by atoms with Gasteiger partial charge in [0, 0.05) is 33.3 Å². The first-order valence-corrected chi connectivity index (χ1v) is 7.29. The third-order valence-electron chi connectivity index (χ3n) is 3.61. The fourth-order valence-corrected chi connectivity index (χ4v) is 2.31. The van der Waals surface area contributed by atoms with E-state index >= 15 is 0 Å². The van der Waals surface area contributed by atoms with Crippen molar-refractivity contribution in [1.29, 1.82) is 5.26 Å². The van der Waals surface area contributed by atoms with Crippen LogP contribution in [0.3, 0.4) is 0 Å². The maximum atomic E-state index is 12.0. The number of hydrogen-bond donors (Lipinski definition) is 2. The van der Waals surface area contributed by atoms with Gasteiger partial charge in [-0.2, -0.15) is 5.26 Å². The van der Waals surface area contributed by atoms with Crippen LogP contribution in [0, 0.1) is 21.4 Å². The molecule has 0 amide bonds. The van der Waals surface area contributed by atoms with Crippen molar-refractivity contribution in [2.75, 3.05) is 23.7 Å². The summed E-state index contributed by atoms with van der Waals surface area (Å²) < 4.78 is 2.03. The van der Waals surface area contributed by atoms with Crippen LogP contribution in [-0.4, -0.2) is 27.1 Å². The van der Waals surface area contributed by atoms with Crippen molar-refractivity contribution in [3.05, 3.63) is 60.8 Å². The molecule has 0 radical (unpaired) electrons. The molecule has 10 nitrogen and oxygen atoms in total. The van der Waals surface area contributed by atoms with E-state index in [1.54, 1.807) is 24.3 Å². The summed E-state index contributed by atoms with van der Waals surface area (Å²) in [4.78, 5) is 34.4. The summed E-state index contributed by atoms with van der Waals surface area (Å²) in [6.07, 6.45) is 0. The van der Waals surface area contributed by atoms with Crippen LogP contribution in [0.1, 0.15) is 5.56 Å². The molecule has 10 heteroatoms. The summed E-state index contributed by atoms with van der Waals surface area (Å²) in [5, 5.41) is 25.9. The maximum absolute atomic E-state index is 12.0. The lowest BCUT2D eigenvalue weighted by molar-refractivity contribution is -0.384. The normalized spacial score (nSPS) is 10.1. The Hall–Kier alpha value is -3.61. The number of nitriles is 1. The number of nitrogens with one attached hydrogen (secondary N) is 2. The van der Waals surface area contributed by atoms with E-state index in [4.69, 9.17) is 5.26 Å². The fraction of sp³-hybridized carbons (Fsp3) is 0.267. The maximum Gasteiger partial charge on any atom is 0.332 e. The first-order valence-electron chi connectivity index (χ1n) is 7.29. The van der Waals surface area contributed by atoms with Crippen LogP contribution in [0.2, 0.25) is 0 Å².